The highest BCUT2D eigenvalue weighted by atomic mass is 79.9. The van der Waals surface area contributed by atoms with E-state index in [1.807, 2.05) is 26.0 Å². The lowest BCUT2D eigenvalue weighted by molar-refractivity contribution is -0.123. The molecule has 0 saturated carbocycles. The van der Waals surface area contributed by atoms with E-state index in [9.17, 15) is 14.0 Å². The van der Waals surface area contributed by atoms with Gasteiger partial charge in [0, 0.05) is 22.3 Å². The average Bonchev–Trinajstić information content (AvgIpc) is 2.70. The van der Waals surface area contributed by atoms with Gasteiger partial charge >= 0.3 is 0 Å². The molecule has 1 N–H and O–H groups in total. The van der Waals surface area contributed by atoms with Gasteiger partial charge in [-0.15, -0.1) is 5.10 Å². The molecule has 1 atom stereocenters. The van der Waals surface area contributed by atoms with Crippen LogP contribution in [0.5, 0.6) is 5.88 Å². The Balaban J connectivity index is 1.78. The highest BCUT2D eigenvalue weighted by Gasteiger charge is 2.20. The second-order valence-electron chi connectivity index (χ2n) is 6.37. The second kappa shape index (κ2) is 9.00. The van der Waals surface area contributed by atoms with Crippen molar-refractivity contribution >= 4 is 27.5 Å². The molecule has 0 unspecified atom stereocenters. The Kier molecular flexibility index (Phi) is 6.43. The van der Waals surface area contributed by atoms with Crippen molar-refractivity contribution in [1.82, 2.24) is 9.78 Å². The molecule has 150 valence electrons. The predicted octanol–water partition coefficient (Wildman–Crippen LogP) is 4.24. The van der Waals surface area contributed by atoms with Gasteiger partial charge in [0.25, 0.3) is 11.5 Å². The summed E-state index contributed by atoms with van der Waals surface area (Å²) < 4.78 is 20.9. The zero-order valence-electron chi connectivity index (χ0n) is 15.9. The fourth-order valence-electron chi connectivity index (χ4n) is 2.64. The quantitative estimate of drug-likeness (QED) is 0.598. The van der Waals surface area contributed by atoms with Gasteiger partial charge in [0.15, 0.2) is 6.10 Å². The fourth-order valence-corrected chi connectivity index (χ4v) is 2.88. The van der Waals surface area contributed by atoms with Gasteiger partial charge in [0.1, 0.15) is 5.82 Å². The maximum absolute atomic E-state index is 13.1. The molecule has 0 radical (unpaired) electrons. The van der Waals surface area contributed by atoms with E-state index in [0.29, 0.717) is 17.8 Å². The monoisotopic (exact) mass is 459 g/mol. The van der Waals surface area contributed by atoms with Crippen molar-refractivity contribution in [2.24, 2.45) is 0 Å². The summed E-state index contributed by atoms with van der Waals surface area (Å²) in [6.45, 7) is 3.74. The smallest absolute Gasteiger partial charge is 0.271 e. The van der Waals surface area contributed by atoms with E-state index < -0.39 is 17.5 Å². The Hall–Kier alpha value is -3.00. The fraction of sp³-hybridized carbons (Fsp3) is 0.190. The van der Waals surface area contributed by atoms with Crippen molar-refractivity contribution in [1.29, 1.82) is 0 Å². The van der Waals surface area contributed by atoms with Crippen molar-refractivity contribution in [3.63, 3.8) is 0 Å². The molecule has 29 heavy (non-hydrogen) atoms. The van der Waals surface area contributed by atoms with Gasteiger partial charge in [-0.2, -0.15) is 4.68 Å². The standard InChI is InChI=1S/C21H19BrFN3O3/c1-3-18(21(28)24-15-6-9-17(22)13(2)12-15)29-19-10-11-20(27)26(25-19)16-7-4-14(23)5-8-16/h4-12,18H,3H2,1-2H3,(H,24,28)/t18-/m0/s1. The van der Waals surface area contributed by atoms with Crippen LogP contribution in [-0.4, -0.2) is 21.8 Å². The summed E-state index contributed by atoms with van der Waals surface area (Å²) in [5, 5.41) is 6.97. The second-order valence-corrected chi connectivity index (χ2v) is 7.22. The third kappa shape index (κ3) is 5.08. The number of hydrogen-bond acceptors (Lipinski definition) is 4. The minimum absolute atomic E-state index is 0.114. The van der Waals surface area contributed by atoms with Gasteiger partial charge in [-0.25, -0.2) is 4.39 Å². The molecule has 3 rings (SSSR count). The summed E-state index contributed by atoms with van der Waals surface area (Å²) in [6, 6.07) is 13.5. The van der Waals surface area contributed by atoms with E-state index in [-0.39, 0.29) is 11.8 Å². The van der Waals surface area contributed by atoms with Crippen LogP contribution in [0.3, 0.4) is 0 Å². The first-order valence-corrected chi connectivity index (χ1v) is 9.76. The third-order valence-electron chi connectivity index (χ3n) is 4.20. The van der Waals surface area contributed by atoms with Crippen molar-refractivity contribution in [2.75, 3.05) is 5.32 Å². The van der Waals surface area contributed by atoms with E-state index in [0.717, 1.165) is 14.7 Å². The number of amides is 1. The Morgan fingerprint density at radius 3 is 2.59 bits per heavy atom. The molecule has 6 nitrogen and oxygen atoms in total. The van der Waals surface area contributed by atoms with Gasteiger partial charge in [-0.3, -0.25) is 9.59 Å². The number of aromatic nitrogens is 2. The number of nitrogens with one attached hydrogen (secondary N) is 1. The molecule has 8 heteroatoms. The molecular weight excluding hydrogens is 441 g/mol. The molecule has 1 amide bonds. The number of halogens is 2. The number of anilines is 1. The zero-order chi connectivity index (χ0) is 21.0. The molecule has 0 fully saturated rings. The summed E-state index contributed by atoms with van der Waals surface area (Å²) in [5.74, 6) is -0.626. The maximum atomic E-state index is 13.1. The lowest BCUT2D eigenvalue weighted by Crippen LogP contribution is -2.33. The number of nitrogens with zero attached hydrogens (tertiary/aromatic N) is 2. The molecule has 1 aromatic heterocycles. The van der Waals surface area contributed by atoms with Crippen LogP contribution in [0.2, 0.25) is 0 Å². The summed E-state index contributed by atoms with van der Waals surface area (Å²) in [4.78, 5) is 24.7. The number of rotatable bonds is 6. The van der Waals surface area contributed by atoms with Gasteiger partial charge < -0.3 is 10.1 Å². The lowest BCUT2D eigenvalue weighted by Gasteiger charge is -2.17. The van der Waals surface area contributed by atoms with Crippen LogP contribution in [0.4, 0.5) is 10.1 Å². The number of carbonyl (C=O) groups is 1. The van der Waals surface area contributed by atoms with Crippen molar-refractivity contribution in [3.05, 3.63) is 80.8 Å². The number of carbonyl (C=O) groups excluding carboxylic acids is 1. The van der Waals surface area contributed by atoms with E-state index in [1.165, 1.54) is 36.4 Å². The Labute approximate surface area is 175 Å². The lowest BCUT2D eigenvalue weighted by atomic mass is 10.2. The van der Waals surface area contributed by atoms with Crippen LogP contribution in [0.25, 0.3) is 5.69 Å². The number of ether oxygens (including phenoxy) is 1. The molecule has 3 aromatic rings. The molecule has 0 saturated heterocycles. The van der Waals surface area contributed by atoms with Gasteiger partial charge in [0.2, 0.25) is 5.88 Å². The molecule has 0 bridgehead atoms. The van der Waals surface area contributed by atoms with Gasteiger partial charge in [-0.1, -0.05) is 22.9 Å². The molecule has 0 spiro atoms. The molecule has 0 aliphatic carbocycles. The van der Waals surface area contributed by atoms with Gasteiger partial charge in [-0.05, 0) is 61.4 Å². The number of hydrogen-bond donors (Lipinski definition) is 1. The first-order chi connectivity index (χ1) is 13.9. The molecular formula is C21H19BrFN3O3. The van der Waals surface area contributed by atoms with Crippen LogP contribution < -0.4 is 15.6 Å². The maximum Gasteiger partial charge on any atom is 0.271 e. The first-order valence-electron chi connectivity index (χ1n) is 8.97. The van der Waals surface area contributed by atoms with Crippen LogP contribution in [0.1, 0.15) is 18.9 Å². The zero-order valence-corrected chi connectivity index (χ0v) is 17.4. The summed E-state index contributed by atoms with van der Waals surface area (Å²) in [7, 11) is 0. The number of benzene rings is 2. The van der Waals surface area contributed by atoms with Crippen molar-refractivity contribution < 1.29 is 13.9 Å². The third-order valence-corrected chi connectivity index (χ3v) is 5.09. The average molecular weight is 460 g/mol. The molecule has 1 heterocycles. The highest BCUT2D eigenvalue weighted by Crippen LogP contribution is 2.20. The molecule has 0 aliphatic rings. The predicted molar refractivity (Wildman–Crippen MR) is 112 cm³/mol. The van der Waals surface area contributed by atoms with Crippen molar-refractivity contribution in [2.45, 2.75) is 26.4 Å². The van der Waals surface area contributed by atoms with E-state index >= 15 is 0 Å². The topological polar surface area (TPSA) is 73.2 Å². The van der Waals surface area contributed by atoms with Crippen LogP contribution >= 0.6 is 15.9 Å². The SMILES string of the molecule is CC[C@H](Oc1ccc(=O)n(-c2ccc(F)cc2)n1)C(=O)Nc1ccc(Br)c(C)c1. The van der Waals surface area contributed by atoms with Crippen LogP contribution in [0, 0.1) is 12.7 Å². The first kappa shape index (κ1) is 20.7. The van der Waals surface area contributed by atoms with Gasteiger partial charge in [0.05, 0.1) is 5.69 Å². The Morgan fingerprint density at radius 1 is 1.21 bits per heavy atom. The largest absolute Gasteiger partial charge is 0.463 e. The van der Waals surface area contributed by atoms with Crippen LogP contribution in [-0.2, 0) is 4.79 Å². The minimum Gasteiger partial charge on any atom is -0.463 e. The summed E-state index contributed by atoms with van der Waals surface area (Å²) >= 11 is 3.42. The summed E-state index contributed by atoms with van der Waals surface area (Å²) in [6.07, 6.45) is -0.399. The molecule has 0 aliphatic heterocycles. The summed E-state index contributed by atoms with van der Waals surface area (Å²) in [5.41, 5.74) is 1.64. The van der Waals surface area contributed by atoms with E-state index in [2.05, 4.69) is 26.3 Å². The highest BCUT2D eigenvalue weighted by molar-refractivity contribution is 9.10. The van der Waals surface area contributed by atoms with Crippen LogP contribution in [0.15, 0.2) is 63.9 Å². The van der Waals surface area contributed by atoms with E-state index in [1.54, 1.807) is 6.07 Å². The molecule has 2 aromatic carbocycles. The Bertz CT molecular complexity index is 1080. The number of aryl methyl sites for hydroxylation is 1. The normalized spacial score (nSPS) is 11.7. The van der Waals surface area contributed by atoms with E-state index in [4.69, 9.17) is 4.74 Å². The van der Waals surface area contributed by atoms with Crippen molar-refractivity contribution in [3.8, 4) is 11.6 Å². The Morgan fingerprint density at radius 2 is 1.93 bits per heavy atom. The minimum atomic E-state index is -0.800.